The van der Waals surface area contributed by atoms with Gasteiger partial charge in [0.15, 0.2) is 5.84 Å². The highest BCUT2D eigenvalue weighted by atomic mass is 16.5. The van der Waals surface area contributed by atoms with Crippen molar-refractivity contribution >= 4 is 5.84 Å². The number of nitrogens with two attached hydrogens (primary N) is 1. The lowest BCUT2D eigenvalue weighted by atomic mass is 10.3. The molecular weight excluding hydrogens is 196 g/mol. The number of amidine groups is 1. The molecule has 0 radical (unpaired) electrons. The van der Waals surface area contributed by atoms with E-state index in [0.29, 0.717) is 30.3 Å². The van der Waals surface area contributed by atoms with Crippen molar-refractivity contribution in [1.82, 2.24) is 9.97 Å². The van der Waals surface area contributed by atoms with Crippen LogP contribution in [0.1, 0.15) is 25.2 Å². The van der Waals surface area contributed by atoms with E-state index in [-0.39, 0.29) is 5.84 Å². The molecule has 0 saturated carbocycles. The summed E-state index contributed by atoms with van der Waals surface area (Å²) in [7, 11) is 0. The van der Waals surface area contributed by atoms with E-state index in [4.69, 9.17) is 15.7 Å². The quantitative estimate of drug-likeness (QED) is 0.327. The predicted molar refractivity (Wildman–Crippen MR) is 55.1 cm³/mol. The van der Waals surface area contributed by atoms with Crippen LogP contribution in [0.2, 0.25) is 0 Å². The first kappa shape index (κ1) is 11.2. The van der Waals surface area contributed by atoms with Gasteiger partial charge in [0, 0.05) is 12.6 Å². The molecule has 0 aliphatic rings. The van der Waals surface area contributed by atoms with Gasteiger partial charge in [0.2, 0.25) is 5.88 Å². The summed E-state index contributed by atoms with van der Waals surface area (Å²) in [6.07, 6.45) is 2.20. The highest BCUT2D eigenvalue weighted by Crippen LogP contribution is 2.14. The molecule has 0 aromatic carbocycles. The summed E-state index contributed by atoms with van der Waals surface area (Å²) >= 11 is 0. The van der Waals surface area contributed by atoms with E-state index in [9.17, 15) is 0 Å². The van der Waals surface area contributed by atoms with Crippen molar-refractivity contribution in [2.24, 2.45) is 10.9 Å². The largest absolute Gasteiger partial charge is 0.477 e. The van der Waals surface area contributed by atoms with Crippen LogP contribution in [-0.4, -0.2) is 27.6 Å². The Bertz CT molecular complexity index is 365. The van der Waals surface area contributed by atoms with Crippen LogP contribution in [0.25, 0.3) is 0 Å². The molecule has 0 unspecified atom stereocenters. The van der Waals surface area contributed by atoms with Crippen LogP contribution >= 0.6 is 0 Å². The third kappa shape index (κ3) is 2.55. The molecule has 0 amide bonds. The first-order valence-corrected chi connectivity index (χ1v) is 4.69. The summed E-state index contributed by atoms with van der Waals surface area (Å²) in [6, 6.07) is 0. The van der Waals surface area contributed by atoms with Crippen molar-refractivity contribution in [1.29, 1.82) is 0 Å². The summed E-state index contributed by atoms with van der Waals surface area (Å²) in [5, 5.41) is 11.5. The molecule has 0 saturated heterocycles. The lowest BCUT2D eigenvalue weighted by molar-refractivity contribution is 0.314. The standard InChI is InChI=1S/C9H14N4O2/c1-3-7-11-5-6(8(10)13-14)9(12-7)15-4-2/h5,14H,3-4H2,1-2H3,(H2,10,13). The van der Waals surface area contributed by atoms with Crippen molar-refractivity contribution in [3.63, 3.8) is 0 Å². The number of hydrogen-bond acceptors (Lipinski definition) is 5. The highest BCUT2D eigenvalue weighted by Gasteiger charge is 2.11. The fraction of sp³-hybridized carbons (Fsp3) is 0.444. The molecule has 0 atom stereocenters. The second-order valence-corrected chi connectivity index (χ2v) is 2.78. The predicted octanol–water partition coefficient (Wildman–Crippen LogP) is 0.532. The zero-order valence-corrected chi connectivity index (χ0v) is 8.77. The van der Waals surface area contributed by atoms with Gasteiger partial charge in [0.1, 0.15) is 11.4 Å². The Hall–Kier alpha value is -1.85. The number of ether oxygens (including phenoxy) is 1. The number of aromatic nitrogens is 2. The van der Waals surface area contributed by atoms with Gasteiger partial charge >= 0.3 is 0 Å². The van der Waals surface area contributed by atoms with Gasteiger partial charge in [-0.25, -0.2) is 4.98 Å². The van der Waals surface area contributed by atoms with Crippen LogP contribution in [0.3, 0.4) is 0 Å². The van der Waals surface area contributed by atoms with Crippen molar-refractivity contribution in [3.05, 3.63) is 17.6 Å². The molecule has 6 heteroatoms. The maximum Gasteiger partial charge on any atom is 0.228 e. The first-order chi connectivity index (χ1) is 7.22. The zero-order valence-electron chi connectivity index (χ0n) is 8.77. The Kier molecular flexibility index (Phi) is 3.84. The van der Waals surface area contributed by atoms with E-state index in [0.717, 1.165) is 0 Å². The maximum absolute atomic E-state index is 8.56. The van der Waals surface area contributed by atoms with Gasteiger partial charge in [-0.15, -0.1) is 0 Å². The molecule has 1 aromatic rings. The van der Waals surface area contributed by atoms with Gasteiger partial charge < -0.3 is 15.7 Å². The summed E-state index contributed by atoms with van der Waals surface area (Å²) in [5.41, 5.74) is 5.86. The van der Waals surface area contributed by atoms with Crippen LogP contribution in [0.15, 0.2) is 11.4 Å². The van der Waals surface area contributed by atoms with E-state index in [1.54, 1.807) is 0 Å². The minimum Gasteiger partial charge on any atom is -0.477 e. The van der Waals surface area contributed by atoms with Gasteiger partial charge in [-0.3, -0.25) is 0 Å². The number of nitrogens with zero attached hydrogens (tertiary/aromatic N) is 3. The van der Waals surface area contributed by atoms with Crippen LogP contribution < -0.4 is 10.5 Å². The smallest absolute Gasteiger partial charge is 0.228 e. The fourth-order valence-corrected chi connectivity index (χ4v) is 1.05. The highest BCUT2D eigenvalue weighted by molar-refractivity contribution is 5.98. The molecule has 0 bridgehead atoms. The molecule has 3 N–H and O–H groups in total. The molecule has 15 heavy (non-hydrogen) atoms. The van der Waals surface area contributed by atoms with E-state index < -0.39 is 0 Å². The summed E-state index contributed by atoms with van der Waals surface area (Å²) < 4.78 is 5.28. The molecular formula is C9H14N4O2. The second kappa shape index (κ2) is 5.14. The molecule has 1 heterocycles. The average molecular weight is 210 g/mol. The first-order valence-electron chi connectivity index (χ1n) is 4.69. The van der Waals surface area contributed by atoms with E-state index in [1.165, 1.54) is 6.20 Å². The Balaban J connectivity index is 3.14. The van der Waals surface area contributed by atoms with Gasteiger partial charge in [0.05, 0.1) is 6.61 Å². The molecule has 0 aliphatic heterocycles. The maximum atomic E-state index is 8.56. The van der Waals surface area contributed by atoms with Crippen molar-refractivity contribution in [3.8, 4) is 5.88 Å². The van der Waals surface area contributed by atoms with E-state index in [2.05, 4.69) is 15.1 Å². The SMILES string of the molecule is CCOc1nc(CC)ncc1/C(N)=N\O. The number of hydrogen-bond donors (Lipinski definition) is 2. The monoisotopic (exact) mass is 210 g/mol. The van der Waals surface area contributed by atoms with Crippen molar-refractivity contribution in [2.75, 3.05) is 6.61 Å². The molecule has 0 spiro atoms. The van der Waals surface area contributed by atoms with Gasteiger partial charge in [-0.05, 0) is 6.92 Å². The van der Waals surface area contributed by atoms with E-state index in [1.807, 2.05) is 13.8 Å². The normalized spacial score (nSPS) is 11.5. The average Bonchev–Trinajstić information content (AvgIpc) is 2.28. The molecule has 1 rings (SSSR count). The Morgan fingerprint density at radius 3 is 2.87 bits per heavy atom. The van der Waals surface area contributed by atoms with Crippen molar-refractivity contribution in [2.45, 2.75) is 20.3 Å². The molecule has 0 aliphatic carbocycles. The Morgan fingerprint density at radius 1 is 1.60 bits per heavy atom. The summed E-state index contributed by atoms with van der Waals surface area (Å²) in [6.45, 7) is 4.24. The van der Waals surface area contributed by atoms with Crippen LogP contribution in [-0.2, 0) is 6.42 Å². The number of oxime groups is 1. The topological polar surface area (TPSA) is 93.6 Å². The summed E-state index contributed by atoms with van der Waals surface area (Å²) in [4.78, 5) is 8.19. The van der Waals surface area contributed by atoms with Gasteiger partial charge in [-0.1, -0.05) is 12.1 Å². The lowest BCUT2D eigenvalue weighted by Crippen LogP contribution is -2.17. The second-order valence-electron chi connectivity index (χ2n) is 2.78. The summed E-state index contributed by atoms with van der Waals surface area (Å²) in [5.74, 6) is 0.952. The molecule has 6 nitrogen and oxygen atoms in total. The number of aryl methyl sites for hydroxylation is 1. The molecule has 1 aromatic heterocycles. The minimum atomic E-state index is -0.0545. The minimum absolute atomic E-state index is 0.0545. The van der Waals surface area contributed by atoms with Crippen molar-refractivity contribution < 1.29 is 9.94 Å². The fourth-order valence-electron chi connectivity index (χ4n) is 1.05. The van der Waals surface area contributed by atoms with Gasteiger partial charge in [-0.2, -0.15) is 4.98 Å². The Morgan fingerprint density at radius 2 is 2.33 bits per heavy atom. The van der Waals surface area contributed by atoms with Crippen LogP contribution in [0.5, 0.6) is 5.88 Å². The third-order valence-electron chi connectivity index (χ3n) is 1.78. The van der Waals surface area contributed by atoms with Gasteiger partial charge in [0.25, 0.3) is 0 Å². The van der Waals surface area contributed by atoms with E-state index >= 15 is 0 Å². The third-order valence-corrected chi connectivity index (χ3v) is 1.78. The Labute approximate surface area is 87.8 Å². The lowest BCUT2D eigenvalue weighted by Gasteiger charge is -2.08. The van der Waals surface area contributed by atoms with Crippen LogP contribution in [0.4, 0.5) is 0 Å². The number of rotatable bonds is 4. The molecule has 0 fully saturated rings. The molecule has 82 valence electrons. The van der Waals surface area contributed by atoms with Crippen LogP contribution in [0, 0.1) is 0 Å². The zero-order chi connectivity index (χ0) is 11.3.